The van der Waals surface area contributed by atoms with Gasteiger partial charge in [-0.2, -0.15) is 5.26 Å². The van der Waals surface area contributed by atoms with Gasteiger partial charge < -0.3 is 10.2 Å². The molecule has 0 aromatic heterocycles. The van der Waals surface area contributed by atoms with E-state index in [0.29, 0.717) is 0 Å². The van der Waals surface area contributed by atoms with Crippen molar-refractivity contribution in [3.05, 3.63) is 29.3 Å². The second-order valence-corrected chi connectivity index (χ2v) is 5.82. The molecule has 1 aromatic rings. The van der Waals surface area contributed by atoms with Crippen LogP contribution in [-0.2, 0) is 6.54 Å². The molecule has 1 saturated carbocycles. The molecule has 1 aliphatic carbocycles. The Morgan fingerprint density at radius 1 is 1.40 bits per heavy atom. The average Bonchev–Trinajstić information content (AvgIpc) is 2.42. The summed E-state index contributed by atoms with van der Waals surface area (Å²) in [5.74, 6) is 0.817. The molecule has 20 heavy (non-hydrogen) atoms. The molecular formula is C17H25N3. The highest BCUT2D eigenvalue weighted by Crippen LogP contribution is 2.29. The van der Waals surface area contributed by atoms with E-state index in [4.69, 9.17) is 0 Å². The number of nitriles is 1. The maximum absolute atomic E-state index is 9.37. The van der Waals surface area contributed by atoms with Crippen molar-refractivity contribution in [2.45, 2.75) is 39.2 Å². The minimum Gasteiger partial charge on any atom is -0.373 e. The van der Waals surface area contributed by atoms with Gasteiger partial charge in [0.05, 0.1) is 11.3 Å². The predicted octanol–water partition coefficient (Wildman–Crippen LogP) is 3.29. The lowest BCUT2D eigenvalue weighted by atomic mass is 9.85. The van der Waals surface area contributed by atoms with Crippen LogP contribution >= 0.6 is 0 Å². The van der Waals surface area contributed by atoms with E-state index in [0.717, 1.165) is 43.2 Å². The quantitative estimate of drug-likeness (QED) is 0.773. The van der Waals surface area contributed by atoms with Crippen molar-refractivity contribution < 1.29 is 0 Å². The highest BCUT2D eigenvalue weighted by atomic mass is 15.1. The number of nitrogens with zero attached hydrogens (tertiary/aromatic N) is 2. The first kappa shape index (κ1) is 14.9. The monoisotopic (exact) mass is 271 g/mol. The van der Waals surface area contributed by atoms with E-state index in [1.165, 1.54) is 24.8 Å². The van der Waals surface area contributed by atoms with Gasteiger partial charge in [0, 0.05) is 20.1 Å². The van der Waals surface area contributed by atoms with E-state index >= 15 is 0 Å². The van der Waals surface area contributed by atoms with E-state index in [-0.39, 0.29) is 0 Å². The number of hydrogen-bond acceptors (Lipinski definition) is 3. The Hall–Kier alpha value is -1.53. The molecule has 0 unspecified atom stereocenters. The normalized spacial score (nSPS) is 14.7. The molecule has 0 spiro atoms. The summed E-state index contributed by atoms with van der Waals surface area (Å²) in [5, 5.41) is 12.8. The summed E-state index contributed by atoms with van der Waals surface area (Å²) in [6, 6.07) is 8.60. The first-order chi connectivity index (χ1) is 9.74. The minimum absolute atomic E-state index is 0.794. The molecular weight excluding hydrogens is 246 g/mol. The number of anilines is 1. The zero-order valence-electron chi connectivity index (χ0n) is 12.7. The van der Waals surface area contributed by atoms with Gasteiger partial charge in [0.2, 0.25) is 0 Å². The summed E-state index contributed by atoms with van der Waals surface area (Å²) in [5.41, 5.74) is 3.05. The van der Waals surface area contributed by atoms with E-state index < -0.39 is 0 Å². The third kappa shape index (κ3) is 3.74. The van der Waals surface area contributed by atoms with Crippen LogP contribution in [-0.4, -0.2) is 20.1 Å². The third-order valence-corrected chi connectivity index (χ3v) is 4.11. The summed E-state index contributed by atoms with van der Waals surface area (Å²) in [7, 11) is 2.10. The van der Waals surface area contributed by atoms with E-state index in [9.17, 15) is 5.26 Å². The molecule has 0 saturated heterocycles. The molecule has 1 aliphatic rings. The van der Waals surface area contributed by atoms with Crippen molar-refractivity contribution in [1.82, 2.24) is 5.32 Å². The van der Waals surface area contributed by atoms with E-state index in [1.807, 2.05) is 6.07 Å². The van der Waals surface area contributed by atoms with Crippen molar-refractivity contribution in [3.63, 3.8) is 0 Å². The van der Waals surface area contributed by atoms with Crippen LogP contribution in [0.2, 0.25) is 0 Å². The van der Waals surface area contributed by atoms with Gasteiger partial charge >= 0.3 is 0 Å². The largest absolute Gasteiger partial charge is 0.373 e. The molecule has 0 atom stereocenters. The van der Waals surface area contributed by atoms with Crippen molar-refractivity contribution in [3.8, 4) is 6.07 Å². The topological polar surface area (TPSA) is 39.1 Å². The van der Waals surface area contributed by atoms with Crippen LogP contribution in [0.5, 0.6) is 0 Å². The summed E-state index contributed by atoms with van der Waals surface area (Å²) >= 11 is 0. The van der Waals surface area contributed by atoms with Gasteiger partial charge in [-0.05, 0) is 49.4 Å². The summed E-state index contributed by atoms with van der Waals surface area (Å²) in [4.78, 5) is 2.24. The van der Waals surface area contributed by atoms with Gasteiger partial charge in [-0.25, -0.2) is 0 Å². The summed E-state index contributed by atoms with van der Waals surface area (Å²) in [6.07, 6.45) is 5.18. The van der Waals surface area contributed by atoms with Crippen LogP contribution < -0.4 is 10.2 Å². The SMILES string of the molecule is CCCNCc1ccc(N(C)CC2CCC2)c(C#N)c1. The first-order valence-corrected chi connectivity index (χ1v) is 7.69. The lowest BCUT2D eigenvalue weighted by Gasteiger charge is -2.31. The van der Waals surface area contributed by atoms with Crippen LogP contribution in [0.15, 0.2) is 18.2 Å². The number of hydrogen-bond donors (Lipinski definition) is 1. The van der Waals surface area contributed by atoms with Crippen molar-refractivity contribution in [2.75, 3.05) is 25.0 Å². The lowest BCUT2D eigenvalue weighted by Crippen LogP contribution is -2.29. The highest BCUT2D eigenvalue weighted by Gasteiger charge is 2.20. The zero-order valence-corrected chi connectivity index (χ0v) is 12.7. The van der Waals surface area contributed by atoms with Crippen molar-refractivity contribution in [2.24, 2.45) is 5.92 Å². The second-order valence-electron chi connectivity index (χ2n) is 5.82. The second kappa shape index (κ2) is 7.31. The number of rotatable bonds is 7. The Kier molecular flexibility index (Phi) is 5.43. The minimum atomic E-state index is 0.794. The molecule has 0 radical (unpaired) electrons. The Bertz CT molecular complexity index is 472. The van der Waals surface area contributed by atoms with Gasteiger partial charge in [0.1, 0.15) is 6.07 Å². The molecule has 0 amide bonds. The molecule has 0 heterocycles. The molecule has 2 rings (SSSR count). The smallest absolute Gasteiger partial charge is 0.101 e. The maximum atomic E-state index is 9.37. The molecule has 108 valence electrons. The predicted molar refractivity (Wildman–Crippen MR) is 83.8 cm³/mol. The number of benzene rings is 1. The average molecular weight is 271 g/mol. The summed E-state index contributed by atoms with van der Waals surface area (Å²) < 4.78 is 0. The standard InChI is InChI=1S/C17H25N3/c1-3-9-19-12-15-7-8-17(16(10-15)11-18)20(2)13-14-5-4-6-14/h7-8,10,14,19H,3-6,9,12-13H2,1-2H3. The first-order valence-electron chi connectivity index (χ1n) is 7.69. The zero-order chi connectivity index (χ0) is 14.4. The van der Waals surface area contributed by atoms with E-state index in [1.54, 1.807) is 0 Å². The van der Waals surface area contributed by atoms with Crippen LogP contribution in [0.3, 0.4) is 0 Å². The third-order valence-electron chi connectivity index (χ3n) is 4.11. The summed E-state index contributed by atoms with van der Waals surface area (Å²) in [6.45, 7) is 5.09. The maximum Gasteiger partial charge on any atom is 0.101 e. The van der Waals surface area contributed by atoms with Gasteiger partial charge in [-0.15, -0.1) is 0 Å². The van der Waals surface area contributed by atoms with Crippen LogP contribution in [0.4, 0.5) is 5.69 Å². The molecule has 0 aliphatic heterocycles. The fourth-order valence-electron chi connectivity index (χ4n) is 2.69. The fraction of sp³-hybridized carbons (Fsp3) is 0.588. The fourth-order valence-corrected chi connectivity index (χ4v) is 2.69. The van der Waals surface area contributed by atoms with Crippen LogP contribution in [0.1, 0.15) is 43.7 Å². The molecule has 3 nitrogen and oxygen atoms in total. The molecule has 1 aromatic carbocycles. The van der Waals surface area contributed by atoms with Gasteiger partial charge in [0.25, 0.3) is 0 Å². The lowest BCUT2D eigenvalue weighted by molar-refractivity contribution is 0.321. The Morgan fingerprint density at radius 2 is 2.20 bits per heavy atom. The molecule has 1 N–H and O–H groups in total. The van der Waals surface area contributed by atoms with Crippen LogP contribution in [0, 0.1) is 17.2 Å². The van der Waals surface area contributed by atoms with Crippen molar-refractivity contribution in [1.29, 1.82) is 5.26 Å². The van der Waals surface area contributed by atoms with Gasteiger partial charge in [-0.1, -0.05) is 19.4 Å². The molecule has 3 heteroatoms. The van der Waals surface area contributed by atoms with Crippen molar-refractivity contribution >= 4 is 5.69 Å². The Morgan fingerprint density at radius 3 is 2.80 bits per heavy atom. The molecule has 0 bridgehead atoms. The van der Waals surface area contributed by atoms with Gasteiger partial charge in [0.15, 0.2) is 0 Å². The Labute approximate surface area is 122 Å². The van der Waals surface area contributed by atoms with Gasteiger partial charge in [-0.3, -0.25) is 0 Å². The molecule has 1 fully saturated rings. The highest BCUT2D eigenvalue weighted by molar-refractivity contribution is 5.60. The number of nitrogens with one attached hydrogen (secondary N) is 1. The van der Waals surface area contributed by atoms with E-state index in [2.05, 4.69) is 42.4 Å². The van der Waals surface area contributed by atoms with Crippen LogP contribution in [0.25, 0.3) is 0 Å². The Balaban J connectivity index is 2.02.